The third kappa shape index (κ3) is 14.3. The van der Waals surface area contributed by atoms with Gasteiger partial charge in [-0.05, 0) is 19.9 Å². The first-order valence-corrected chi connectivity index (χ1v) is 18.7. The second-order valence-corrected chi connectivity index (χ2v) is 13.4. The Bertz CT molecular complexity index is 1180. The first-order valence-electron chi connectivity index (χ1n) is 18.7. The van der Waals surface area contributed by atoms with Crippen LogP contribution in [0.4, 0.5) is 0 Å². The van der Waals surface area contributed by atoms with Gasteiger partial charge < -0.3 is 91.6 Å². The van der Waals surface area contributed by atoms with Gasteiger partial charge in [-0.3, -0.25) is 19.2 Å². The van der Waals surface area contributed by atoms with E-state index in [-0.39, 0.29) is 52.5 Å². The van der Waals surface area contributed by atoms with Gasteiger partial charge in [-0.15, -0.1) is 0 Å². The van der Waals surface area contributed by atoms with E-state index in [9.17, 15) is 44.7 Å². The van der Waals surface area contributed by atoms with Crippen LogP contribution in [0.25, 0.3) is 0 Å². The largest absolute Gasteiger partial charge is 0.394 e. The molecule has 6 heterocycles. The lowest BCUT2D eigenvalue weighted by molar-refractivity contribution is -0.356. The molecule has 22 nitrogen and oxygen atoms in total. The van der Waals surface area contributed by atoms with Gasteiger partial charge in [0, 0.05) is 58.9 Å². The quantitative estimate of drug-likeness (QED) is 0.0379. The minimum absolute atomic E-state index is 0.0811. The fraction of sp³-hybridized carbons (Fsp3) is 0.879. The summed E-state index contributed by atoms with van der Waals surface area (Å²) in [7, 11) is 2.92. The Morgan fingerprint density at radius 2 is 1.53 bits per heavy atom. The van der Waals surface area contributed by atoms with Crippen molar-refractivity contribution in [2.75, 3.05) is 86.5 Å². The topological polar surface area (TPSA) is 323 Å². The molecule has 6 fully saturated rings. The summed E-state index contributed by atoms with van der Waals surface area (Å²) in [6.07, 6.45) is -10.6. The first-order chi connectivity index (χ1) is 26.5. The number of methoxy groups -OCH3 is 1. The van der Waals surface area contributed by atoms with Gasteiger partial charge >= 0.3 is 0 Å². The predicted octanol–water partition coefficient (Wildman–Crippen LogP) is -6.90. The normalized spacial score (nSPS) is 30.8. The molecule has 6 aliphatic heterocycles. The Balaban J connectivity index is 1.58. The molecule has 22 heteroatoms. The summed E-state index contributed by atoms with van der Waals surface area (Å²) in [6.45, 7) is 1.18. The van der Waals surface area contributed by atoms with E-state index in [0.717, 1.165) is 0 Å². The highest BCUT2D eigenvalue weighted by molar-refractivity contribution is 6.06. The van der Waals surface area contributed by atoms with E-state index in [1.165, 1.54) is 14.2 Å². The number of carbonyl (C=O) groups excluding carboxylic acids is 4. The van der Waals surface area contributed by atoms with Gasteiger partial charge in [-0.2, -0.15) is 0 Å². The number of carbonyl (C=O) groups is 4. The molecule has 0 aromatic heterocycles. The molecule has 7 unspecified atom stereocenters. The second-order valence-electron chi connectivity index (χ2n) is 13.4. The molecule has 4 amide bonds. The third-order valence-corrected chi connectivity index (χ3v) is 9.41. The summed E-state index contributed by atoms with van der Waals surface area (Å²) in [4.78, 5) is 51.5. The van der Waals surface area contributed by atoms with E-state index < -0.39 is 110 Å². The highest BCUT2D eigenvalue weighted by atomic mass is 16.7. The summed E-state index contributed by atoms with van der Waals surface area (Å²) in [5.41, 5.74) is 5.43. The molecule has 0 saturated carbocycles. The maximum atomic E-state index is 13.1. The lowest BCUT2D eigenvalue weighted by Crippen LogP contribution is -2.64. The number of nitrogens with one attached hydrogen (secondary N) is 6. The minimum atomic E-state index is -1.56. The van der Waals surface area contributed by atoms with Crippen LogP contribution in [0.1, 0.15) is 25.7 Å². The van der Waals surface area contributed by atoms with Gasteiger partial charge in [0.15, 0.2) is 18.6 Å². The molecule has 13 N–H and O–H groups in total. The predicted molar refractivity (Wildman–Crippen MR) is 190 cm³/mol. The zero-order valence-electron chi connectivity index (χ0n) is 31.4. The van der Waals surface area contributed by atoms with Crippen molar-refractivity contribution < 1.29 is 73.1 Å². The van der Waals surface area contributed by atoms with Crippen molar-refractivity contribution in [1.29, 1.82) is 0 Å². The Morgan fingerprint density at radius 1 is 0.800 bits per heavy atom. The van der Waals surface area contributed by atoms with Crippen molar-refractivity contribution >= 4 is 23.6 Å². The lowest BCUT2D eigenvalue weighted by atomic mass is 9.84. The Labute approximate surface area is 319 Å². The molecule has 4 bridgehead atoms. The molecule has 0 aliphatic carbocycles. The van der Waals surface area contributed by atoms with Crippen LogP contribution < -0.4 is 37.6 Å². The molecule has 0 aromatic carbocycles. The molecule has 12 atom stereocenters. The molecule has 55 heavy (non-hydrogen) atoms. The van der Waals surface area contributed by atoms with Gasteiger partial charge in [0.2, 0.25) is 23.6 Å². The molecule has 6 aliphatic rings. The number of ether oxygens (including phenoxy) is 6. The summed E-state index contributed by atoms with van der Waals surface area (Å²) >= 11 is 0. The SMILES string of the molecule is CNC(C(=O)NCCN)C(=O)NC(CC(=O)NCCNCC1O[C@@H]2OC3C(CO)O[C@H](OCCCCC1[C@@H](O)[C@@H]2O)C(O)[C@H]3O)C(=O)NCCOCCOC. The van der Waals surface area contributed by atoms with Gasteiger partial charge in [-0.25, -0.2) is 0 Å². The maximum absolute atomic E-state index is 13.1. The summed E-state index contributed by atoms with van der Waals surface area (Å²) in [5.74, 6) is -3.28. The van der Waals surface area contributed by atoms with Gasteiger partial charge in [0.1, 0.15) is 36.6 Å². The van der Waals surface area contributed by atoms with E-state index in [1.807, 2.05) is 0 Å². The van der Waals surface area contributed by atoms with Crippen LogP contribution in [0.5, 0.6) is 0 Å². The summed E-state index contributed by atoms with van der Waals surface area (Å²) in [5, 5.41) is 69.3. The highest BCUT2D eigenvalue weighted by Gasteiger charge is 2.51. The standard InChI is InChI=1S/C33H61N7O15/c1-35-23(30(48)38-7-6-34)31(49)40-19(29(47)39-10-12-51-14-13-50-2)15-22(42)37-9-8-36-16-20-18-5-3-4-11-52-32-27(46)25(44)28(21(17-41)54-32)55-33(53-20)26(45)24(18)43/h18-21,23-28,32-33,35-36,41,43-46H,3-17,34H2,1-2H3,(H,37,42)(H,38,48)(H,39,47)(H,40,49)/t18?,19?,20?,21?,23?,24-,25-,26+,27?,28?,32+,33-/m1/s1. The lowest BCUT2D eigenvalue weighted by Gasteiger charge is -2.47. The average molecular weight is 796 g/mol. The van der Waals surface area contributed by atoms with Crippen LogP contribution >= 0.6 is 0 Å². The molecule has 0 spiro atoms. The van der Waals surface area contributed by atoms with Crippen LogP contribution in [-0.2, 0) is 47.6 Å². The minimum Gasteiger partial charge on any atom is -0.394 e. The van der Waals surface area contributed by atoms with Crippen molar-refractivity contribution in [1.82, 2.24) is 31.9 Å². The van der Waals surface area contributed by atoms with Crippen molar-refractivity contribution in [3.8, 4) is 0 Å². The van der Waals surface area contributed by atoms with Crippen molar-refractivity contribution in [2.45, 2.75) is 93.1 Å². The van der Waals surface area contributed by atoms with Gasteiger partial charge in [-0.1, -0.05) is 6.42 Å². The molecule has 0 radical (unpaired) electrons. The summed E-state index contributed by atoms with van der Waals surface area (Å²) < 4.78 is 33.4. The fourth-order valence-electron chi connectivity index (χ4n) is 6.40. The van der Waals surface area contributed by atoms with Crippen LogP contribution in [0.15, 0.2) is 0 Å². The smallest absolute Gasteiger partial charge is 0.247 e. The highest BCUT2D eigenvalue weighted by Crippen LogP contribution is 2.34. The van der Waals surface area contributed by atoms with Crippen molar-refractivity contribution in [2.24, 2.45) is 11.7 Å². The Morgan fingerprint density at radius 3 is 2.24 bits per heavy atom. The fourth-order valence-corrected chi connectivity index (χ4v) is 6.40. The molecule has 6 rings (SSSR count). The zero-order valence-corrected chi connectivity index (χ0v) is 31.4. The zero-order chi connectivity index (χ0) is 40.3. The van der Waals surface area contributed by atoms with Gasteiger partial charge in [0.25, 0.3) is 0 Å². The van der Waals surface area contributed by atoms with Crippen molar-refractivity contribution in [3.63, 3.8) is 0 Å². The number of nitrogens with two attached hydrogens (primary N) is 1. The Kier molecular flexibility index (Phi) is 21.1. The number of rotatable bonds is 21. The number of likely N-dealkylation sites (N-methyl/N-ethyl adjacent to an activating group) is 1. The third-order valence-electron chi connectivity index (χ3n) is 9.41. The van der Waals surface area contributed by atoms with Gasteiger partial charge in [0.05, 0.1) is 45.1 Å². The maximum Gasteiger partial charge on any atom is 0.247 e. The number of aliphatic hydroxyl groups excluding tert-OH is 5. The van der Waals surface area contributed by atoms with E-state index in [1.54, 1.807) is 0 Å². The average Bonchev–Trinajstić information content (AvgIpc) is 3.16. The molecule has 318 valence electrons. The van der Waals surface area contributed by atoms with Crippen LogP contribution in [0.3, 0.4) is 0 Å². The summed E-state index contributed by atoms with van der Waals surface area (Å²) in [6, 6.07) is -2.70. The van der Waals surface area contributed by atoms with Crippen LogP contribution in [0.2, 0.25) is 0 Å². The second kappa shape index (κ2) is 24.8. The van der Waals surface area contributed by atoms with E-state index in [0.29, 0.717) is 32.5 Å². The molecule has 6 saturated heterocycles. The monoisotopic (exact) mass is 795 g/mol. The Hall–Kier alpha value is -2.68. The molecular weight excluding hydrogens is 734 g/mol. The molecule has 0 aromatic rings. The van der Waals surface area contributed by atoms with E-state index in [4.69, 9.17) is 34.2 Å². The number of hydrogen-bond donors (Lipinski definition) is 12. The van der Waals surface area contributed by atoms with E-state index >= 15 is 0 Å². The number of amides is 4. The van der Waals surface area contributed by atoms with Crippen molar-refractivity contribution in [3.05, 3.63) is 0 Å². The number of aliphatic hydroxyl groups is 5. The number of hydrogen-bond acceptors (Lipinski definition) is 18. The molecular formula is C33H61N7O15. The van der Waals surface area contributed by atoms with Crippen LogP contribution in [0, 0.1) is 5.92 Å². The first kappa shape index (κ1) is 46.7. The van der Waals surface area contributed by atoms with E-state index in [2.05, 4.69) is 31.9 Å². The van der Waals surface area contributed by atoms with Crippen LogP contribution in [-0.4, -0.2) is 203 Å².